The van der Waals surface area contributed by atoms with Crippen LogP contribution in [-0.4, -0.2) is 15.0 Å². The standard InChI is InChI=1S/C13H17N3OS/c1-8-14-9(7-18-8)5-11-15-10(13(2,3)4)6-12(17)16-11/h6-7H,5H2,1-4H3,(H,15,16,17). The molecular weight excluding hydrogens is 246 g/mol. The van der Waals surface area contributed by atoms with Crippen LogP contribution in [0.15, 0.2) is 16.2 Å². The van der Waals surface area contributed by atoms with Crippen LogP contribution in [0.5, 0.6) is 0 Å². The molecule has 96 valence electrons. The van der Waals surface area contributed by atoms with E-state index in [0.29, 0.717) is 12.2 Å². The molecule has 0 fully saturated rings. The Morgan fingerprint density at radius 3 is 2.61 bits per heavy atom. The van der Waals surface area contributed by atoms with Crippen LogP contribution in [0.2, 0.25) is 0 Å². The highest BCUT2D eigenvalue weighted by molar-refractivity contribution is 7.09. The van der Waals surface area contributed by atoms with E-state index >= 15 is 0 Å². The lowest BCUT2D eigenvalue weighted by Gasteiger charge is -2.17. The van der Waals surface area contributed by atoms with Crippen molar-refractivity contribution in [1.82, 2.24) is 15.0 Å². The Labute approximate surface area is 110 Å². The first kappa shape index (κ1) is 13.0. The smallest absolute Gasteiger partial charge is 0.251 e. The lowest BCUT2D eigenvalue weighted by Crippen LogP contribution is -2.21. The van der Waals surface area contributed by atoms with Gasteiger partial charge in [-0.1, -0.05) is 20.8 Å². The normalized spacial score (nSPS) is 11.8. The Kier molecular flexibility index (Phi) is 3.34. The summed E-state index contributed by atoms with van der Waals surface area (Å²) < 4.78 is 0. The lowest BCUT2D eigenvalue weighted by atomic mass is 9.92. The third-order valence-corrected chi connectivity index (χ3v) is 3.40. The summed E-state index contributed by atoms with van der Waals surface area (Å²) >= 11 is 1.61. The minimum absolute atomic E-state index is 0.100. The van der Waals surface area contributed by atoms with Gasteiger partial charge in [0.25, 0.3) is 5.56 Å². The molecule has 0 saturated heterocycles. The summed E-state index contributed by atoms with van der Waals surface area (Å²) in [5, 5.41) is 3.03. The molecule has 2 aromatic rings. The quantitative estimate of drug-likeness (QED) is 0.905. The van der Waals surface area contributed by atoms with E-state index in [1.54, 1.807) is 17.4 Å². The number of aromatic nitrogens is 3. The number of aryl methyl sites for hydroxylation is 1. The summed E-state index contributed by atoms with van der Waals surface area (Å²) in [6.07, 6.45) is 0.573. The second-order valence-electron chi connectivity index (χ2n) is 5.36. The van der Waals surface area contributed by atoms with Crippen molar-refractivity contribution in [1.29, 1.82) is 0 Å². The van der Waals surface area contributed by atoms with Gasteiger partial charge in [0.05, 0.1) is 16.4 Å². The molecule has 0 atom stereocenters. The number of thiazole rings is 1. The lowest BCUT2D eigenvalue weighted by molar-refractivity contribution is 0.561. The summed E-state index contributed by atoms with van der Waals surface area (Å²) in [6, 6.07) is 1.57. The van der Waals surface area contributed by atoms with Gasteiger partial charge in [0.1, 0.15) is 5.82 Å². The van der Waals surface area contributed by atoms with Gasteiger partial charge >= 0.3 is 0 Å². The molecule has 2 aromatic heterocycles. The van der Waals surface area contributed by atoms with Crippen LogP contribution in [0.25, 0.3) is 0 Å². The Balaban J connectivity index is 2.34. The molecule has 0 radical (unpaired) electrons. The van der Waals surface area contributed by atoms with Crippen molar-refractivity contribution in [2.24, 2.45) is 0 Å². The molecule has 0 aliphatic heterocycles. The molecule has 2 heterocycles. The first-order valence-electron chi connectivity index (χ1n) is 5.86. The van der Waals surface area contributed by atoms with Crippen molar-refractivity contribution in [3.05, 3.63) is 44.0 Å². The van der Waals surface area contributed by atoms with E-state index in [1.165, 1.54) is 0 Å². The predicted molar refractivity (Wildman–Crippen MR) is 73.2 cm³/mol. The maximum Gasteiger partial charge on any atom is 0.251 e. The number of hydrogen-bond acceptors (Lipinski definition) is 4. The zero-order valence-corrected chi connectivity index (χ0v) is 11.9. The highest BCUT2D eigenvalue weighted by atomic mass is 32.1. The topological polar surface area (TPSA) is 58.6 Å². The number of aromatic amines is 1. The van der Waals surface area contributed by atoms with E-state index in [4.69, 9.17) is 0 Å². The van der Waals surface area contributed by atoms with Gasteiger partial charge in [0.15, 0.2) is 0 Å². The third kappa shape index (κ3) is 3.04. The van der Waals surface area contributed by atoms with E-state index in [1.807, 2.05) is 33.1 Å². The van der Waals surface area contributed by atoms with Crippen LogP contribution in [-0.2, 0) is 11.8 Å². The van der Waals surface area contributed by atoms with Crippen LogP contribution in [0.4, 0.5) is 0 Å². The summed E-state index contributed by atoms with van der Waals surface area (Å²) in [7, 11) is 0. The SMILES string of the molecule is Cc1nc(Cc2nc(C(C)(C)C)cc(=O)[nH]2)cs1. The second kappa shape index (κ2) is 4.65. The maximum atomic E-state index is 11.6. The summed E-state index contributed by atoms with van der Waals surface area (Å²) in [6.45, 7) is 8.11. The van der Waals surface area contributed by atoms with Gasteiger partial charge in [-0.2, -0.15) is 0 Å². The van der Waals surface area contributed by atoms with Crippen molar-refractivity contribution in [2.45, 2.75) is 39.5 Å². The van der Waals surface area contributed by atoms with E-state index in [-0.39, 0.29) is 11.0 Å². The molecule has 0 unspecified atom stereocenters. The third-order valence-electron chi connectivity index (χ3n) is 2.57. The number of nitrogens with one attached hydrogen (secondary N) is 1. The average Bonchev–Trinajstić information content (AvgIpc) is 2.61. The molecule has 0 aliphatic carbocycles. The van der Waals surface area contributed by atoms with Crippen LogP contribution in [0.1, 0.15) is 43.0 Å². The van der Waals surface area contributed by atoms with Crippen molar-refractivity contribution in [3.8, 4) is 0 Å². The average molecular weight is 263 g/mol. The number of rotatable bonds is 2. The van der Waals surface area contributed by atoms with Gasteiger partial charge in [0, 0.05) is 23.3 Å². The molecule has 4 nitrogen and oxygen atoms in total. The van der Waals surface area contributed by atoms with Gasteiger partial charge < -0.3 is 4.98 Å². The summed E-state index contributed by atoms with van der Waals surface area (Å²) in [4.78, 5) is 23.3. The van der Waals surface area contributed by atoms with Crippen LogP contribution in [0, 0.1) is 6.92 Å². The fourth-order valence-electron chi connectivity index (χ4n) is 1.64. The molecular formula is C13H17N3OS. The molecule has 0 bridgehead atoms. The van der Waals surface area contributed by atoms with Gasteiger partial charge in [-0.05, 0) is 6.92 Å². The Bertz CT molecular complexity index is 607. The Hall–Kier alpha value is -1.49. The summed E-state index contributed by atoms with van der Waals surface area (Å²) in [5.41, 5.74) is 1.54. The Morgan fingerprint density at radius 2 is 2.06 bits per heavy atom. The number of nitrogens with zero attached hydrogens (tertiary/aromatic N) is 2. The Morgan fingerprint density at radius 1 is 1.33 bits per heavy atom. The van der Waals surface area contributed by atoms with E-state index in [9.17, 15) is 4.79 Å². The highest BCUT2D eigenvalue weighted by Crippen LogP contribution is 2.19. The molecule has 0 saturated carbocycles. The fourth-order valence-corrected chi connectivity index (χ4v) is 2.25. The van der Waals surface area contributed by atoms with Crippen LogP contribution >= 0.6 is 11.3 Å². The minimum Gasteiger partial charge on any atom is -0.310 e. The van der Waals surface area contributed by atoms with Crippen molar-refractivity contribution < 1.29 is 0 Å². The van der Waals surface area contributed by atoms with Gasteiger partial charge in [-0.25, -0.2) is 9.97 Å². The zero-order valence-electron chi connectivity index (χ0n) is 11.1. The maximum absolute atomic E-state index is 11.6. The van der Waals surface area contributed by atoms with E-state index < -0.39 is 0 Å². The van der Waals surface area contributed by atoms with Gasteiger partial charge in [0.2, 0.25) is 0 Å². The molecule has 0 aliphatic rings. The highest BCUT2D eigenvalue weighted by Gasteiger charge is 2.17. The minimum atomic E-state index is -0.124. The molecule has 0 amide bonds. The van der Waals surface area contributed by atoms with Crippen molar-refractivity contribution in [2.75, 3.05) is 0 Å². The molecule has 2 rings (SSSR count). The zero-order chi connectivity index (χ0) is 13.3. The summed E-state index contributed by atoms with van der Waals surface area (Å²) in [5.74, 6) is 0.678. The molecule has 1 N–H and O–H groups in total. The van der Waals surface area contributed by atoms with Crippen LogP contribution in [0.3, 0.4) is 0 Å². The molecule has 18 heavy (non-hydrogen) atoms. The van der Waals surface area contributed by atoms with Crippen molar-refractivity contribution in [3.63, 3.8) is 0 Å². The van der Waals surface area contributed by atoms with Crippen molar-refractivity contribution >= 4 is 11.3 Å². The van der Waals surface area contributed by atoms with Gasteiger partial charge in [-0.3, -0.25) is 4.79 Å². The predicted octanol–water partition coefficient (Wildman–Crippen LogP) is 2.42. The fraction of sp³-hybridized carbons (Fsp3) is 0.462. The largest absolute Gasteiger partial charge is 0.310 e. The number of hydrogen-bond donors (Lipinski definition) is 1. The first-order chi connectivity index (χ1) is 8.34. The van der Waals surface area contributed by atoms with Gasteiger partial charge in [-0.15, -0.1) is 11.3 Å². The monoisotopic (exact) mass is 263 g/mol. The first-order valence-corrected chi connectivity index (χ1v) is 6.74. The second-order valence-corrected chi connectivity index (χ2v) is 6.42. The molecule has 0 spiro atoms. The molecule has 0 aromatic carbocycles. The van der Waals surface area contributed by atoms with E-state index in [0.717, 1.165) is 16.4 Å². The van der Waals surface area contributed by atoms with E-state index in [2.05, 4.69) is 15.0 Å². The number of H-pyrrole nitrogens is 1. The van der Waals surface area contributed by atoms with Crippen LogP contribution < -0.4 is 5.56 Å². The molecule has 5 heteroatoms.